The van der Waals surface area contributed by atoms with Crippen LogP contribution in [0, 0.1) is 3.57 Å². The number of ether oxygens (including phenoxy) is 2. The number of aldehydes is 1. The third-order valence-electron chi connectivity index (χ3n) is 1.74. The Morgan fingerprint density at radius 1 is 1.43 bits per heavy atom. The Hall–Kier alpha value is -0.980. The standard InChI is InChI=1S/C9H9IO4/c1-13-6-3-5(4-11)7(10)9(14-2)8(6)12/h3-4,12H,1-2H3. The second-order valence-corrected chi connectivity index (χ2v) is 3.56. The van der Waals surface area contributed by atoms with Crippen molar-refractivity contribution in [2.24, 2.45) is 0 Å². The van der Waals surface area contributed by atoms with Crippen molar-refractivity contribution in [2.45, 2.75) is 0 Å². The van der Waals surface area contributed by atoms with Gasteiger partial charge in [-0.25, -0.2) is 0 Å². The highest BCUT2D eigenvalue weighted by atomic mass is 127. The van der Waals surface area contributed by atoms with E-state index in [0.29, 0.717) is 15.4 Å². The first-order valence-corrected chi connectivity index (χ1v) is 4.82. The molecule has 1 aromatic carbocycles. The molecule has 0 aliphatic carbocycles. The molecule has 5 heteroatoms. The van der Waals surface area contributed by atoms with Crippen LogP contribution in [0.5, 0.6) is 17.2 Å². The van der Waals surface area contributed by atoms with Gasteiger partial charge in [-0.05, 0) is 28.7 Å². The molecule has 0 heterocycles. The number of phenols is 1. The third-order valence-corrected chi connectivity index (χ3v) is 2.85. The minimum atomic E-state index is -0.0926. The summed E-state index contributed by atoms with van der Waals surface area (Å²) in [5, 5.41) is 9.62. The van der Waals surface area contributed by atoms with Crippen LogP contribution in [0.25, 0.3) is 0 Å². The number of hydrogen-bond acceptors (Lipinski definition) is 4. The van der Waals surface area contributed by atoms with E-state index in [9.17, 15) is 9.90 Å². The highest BCUT2D eigenvalue weighted by Gasteiger charge is 2.16. The monoisotopic (exact) mass is 308 g/mol. The molecule has 0 aliphatic rings. The molecule has 14 heavy (non-hydrogen) atoms. The summed E-state index contributed by atoms with van der Waals surface area (Å²) < 4.78 is 10.4. The summed E-state index contributed by atoms with van der Waals surface area (Å²) in [7, 11) is 2.83. The topological polar surface area (TPSA) is 55.8 Å². The van der Waals surface area contributed by atoms with Gasteiger partial charge in [0.05, 0.1) is 17.8 Å². The van der Waals surface area contributed by atoms with Crippen molar-refractivity contribution in [3.63, 3.8) is 0 Å². The van der Waals surface area contributed by atoms with Crippen molar-refractivity contribution in [1.82, 2.24) is 0 Å². The zero-order valence-corrected chi connectivity index (χ0v) is 9.86. The third kappa shape index (κ3) is 1.77. The van der Waals surface area contributed by atoms with Gasteiger partial charge in [-0.1, -0.05) is 0 Å². The number of rotatable bonds is 3. The van der Waals surface area contributed by atoms with Gasteiger partial charge in [-0.15, -0.1) is 0 Å². The number of carbonyl (C=O) groups excluding carboxylic acids is 1. The first-order chi connectivity index (χ1) is 6.65. The molecule has 0 aromatic heterocycles. The van der Waals surface area contributed by atoms with E-state index in [-0.39, 0.29) is 17.2 Å². The molecule has 0 saturated carbocycles. The van der Waals surface area contributed by atoms with E-state index >= 15 is 0 Å². The van der Waals surface area contributed by atoms with Crippen LogP contribution in [0.3, 0.4) is 0 Å². The van der Waals surface area contributed by atoms with Gasteiger partial charge in [0.2, 0.25) is 5.75 Å². The smallest absolute Gasteiger partial charge is 0.201 e. The molecular weight excluding hydrogens is 299 g/mol. The number of phenolic OH excluding ortho intramolecular Hbond substituents is 1. The molecule has 1 rings (SSSR count). The van der Waals surface area contributed by atoms with Gasteiger partial charge in [0.1, 0.15) is 0 Å². The number of hydrogen-bond donors (Lipinski definition) is 1. The average molecular weight is 308 g/mol. The largest absolute Gasteiger partial charge is 0.502 e. The molecule has 0 aliphatic heterocycles. The fraction of sp³-hybridized carbons (Fsp3) is 0.222. The molecule has 76 valence electrons. The Bertz CT molecular complexity index is 362. The van der Waals surface area contributed by atoms with Crippen molar-refractivity contribution in [2.75, 3.05) is 14.2 Å². The van der Waals surface area contributed by atoms with Gasteiger partial charge in [0, 0.05) is 5.56 Å². The Balaban J connectivity index is 3.46. The molecule has 1 N–H and O–H groups in total. The highest BCUT2D eigenvalue weighted by molar-refractivity contribution is 14.1. The van der Waals surface area contributed by atoms with Crippen molar-refractivity contribution < 1.29 is 19.4 Å². The number of benzene rings is 1. The first kappa shape index (κ1) is 11.1. The zero-order valence-electron chi connectivity index (χ0n) is 7.70. The van der Waals surface area contributed by atoms with Crippen molar-refractivity contribution in [3.05, 3.63) is 15.2 Å². The minimum Gasteiger partial charge on any atom is -0.502 e. The van der Waals surface area contributed by atoms with Crippen molar-refractivity contribution in [1.29, 1.82) is 0 Å². The van der Waals surface area contributed by atoms with E-state index in [1.807, 2.05) is 22.6 Å². The lowest BCUT2D eigenvalue weighted by Gasteiger charge is -2.11. The summed E-state index contributed by atoms with van der Waals surface area (Å²) in [5.74, 6) is 0.390. The van der Waals surface area contributed by atoms with Gasteiger partial charge >= 0.3 is 0 Å². The Kier molecular flexibility index (Phi) is 3.56. The quantitative estimate of drug-likeness (QED) is 0.684. The summed E-state index contributed by atoms with van der Waals surface area (Å²) in [4.78, 5) is 10.7. The molecule has 0 bridgehead atoms. The zero-order chi connectivity index (χ0) is 10.7. The predicted octanol–water partition coefficient (Wildman–Crippen LogP) is 1.83. The van der Waals surface area contributed by atoms with Gasteiger partial charge < -0.3 is 14.6 Å². The van der Waals surface area contributed by atoms with E-state index in [2.05, 4.69) is 0 Å². The van der Waals surface area contributed by atoms with Gasteiger partial charge in [0.25, 0.3) is 0 Å². The molecule has 0 amide bonds. The fourth-order valence-electron chi connectivity index (χ4n) is 1.05. The van der Waals surface area contributed by atoms with Gasteiger partial charge in [-0.2, -0.15) is 0 Å². The maximum atomic E-state index is 10.7. The van der Waals surface area contributed by atoms with Gasteiger partial charge in [-0.3, -0.25) is 4.79 Å². The van der Waals surface area contributed by atoms with E-state index in [4.69, 9.17) is 9.47 Å². The lowest BCUT2D eigenvalue weighted by molar-refractivity contribution is 0.112. The van der Waals surface area contributed by atoms with Crippen molar-refractivity contribution >= 4 is 28.9 Å². The highest BCUT2D eigenvalue weighted by Crippen LogP contribution is 2.40. The minimum absolute atomic E-state index is 0.0926. The normalized spacial score (nSPS) is 9.64. The summed E-state index contributed by atoms with van der Waals surface area (Å²) in [6, 6.07) is 1.46. The van der Waals surface area contributed by atoms with Crippen LogP contribution >= 0.6 is 22.6 Å². The Morgan fingerprint density at radius 3 is 2.50 bits per heavy atom. The lowest BCUT2D eigenvalue weighted by Crippen LogP contribution is -1.96. The molecule has 4 nitrogen and oxygen atoms in total. The van der Waals surface area contributed by atoms with E-state index < -0.39 is 0 Å². The summed E-state index contributed by atoms with van der Waals surface area (Å²) >= 11 is 1.93. The average Bonchev–Trinajstić information content (AvgIpc) is 2.19. The SMILES string of the molecule is COc1cc(C=O)c(I)c(OC)c1O. The van der Waals surface area contributed by atoms with Crippen LogP contribution in [0.15, 0.2) is 6.07 Å². The second-order valence-electron chi connectivity index (χ2n) is 2.48. The second kappa shape index (κ2) is 4.50. The molecular formula is C9H9IO4. The predicted molar refractivity (Wildman–Crippen MR) is 59.3 cm³/mol. The van der Waals surface area contributed by atoms with Crippen molar-refractivity contribution in [3.8, 4) is 17.2 Å². The van der Waals surface area contributed by atoms with Crippen LogP contribution in [-0.4, -0.2) is 25.6 Å². The molecule has 0 spiro atoms. The lowest BCUT2D eigenvalue weighted by atomic mass is 10.2. The van der Waals surface area contributed by atoms with Gasteiger partial charge in [0.15, 0.2) is 17.8 Å². The van der Waals surface area contributed by atoms with Crippen LogP contribution < -0.4 is 9.47 Å². The molecule has 0 fully saturated rings. The van der Waals surface area contributed by atoms with E-state index in [1.54, 1.807) is 0 Å². The molecule has 1 aromatic rings. The number of halogens is 1. The van der Waals surface area contributed by atoms with E-state index in [0.717, 1.165) is 0 Å². The summed E-state index contributed by atoms with van der Waals surface area (Å²) in [6.45, 7) is 0. The summed E-state index contributed by atoms with van der Waals surface area (Å²) in [6.07, 6.45) is 0.687. The fourth-order valence-corrected chi connectivity index (χ4v) is 1.81. The van der Waals surface area contributed by atoms with E-state index in [1.165, 1.54) is 20.3 Å². The maximum absolute atomic E-state index is 10.7. The van der Waals surface area contributed by atoms with Crippen LogP contribution in [-0.2, 0) is 0 Å². The number of carbonyl (C=O) groups is 1. The maximum Gasteiger partial charge on any atom is 0.201 e. The van der Waals surface area contributed by atoms with Crippen LogP contribution in [0.2, 0.25) is 0 Å². The van der Waals surface area contributed by atoms with Crippen LogP contribution in [0.1, 0.15) is 10.4 Å². The summed E-state index contributed by atoms with van der Waals surface area (Å²) in [5.41, 5.74) is 0.428. The first-order valence-electron chi connectivity index (χ1n) is 3.74. The Labute approximate surface area is 95.0 Å². The molecule has 0 atom stereocenters. The Morgan fingerprint density at radius 2 is 2.07 bits per heavy atom. The molecule has 0 unspecified atom stereocenters. The number of methoxy groups -OCH3 is 2. The molecule has 0 radical (unpaired) electrons. The molecule has 0 saturated heterocycles. The number of aromatic hydroxyl groups is 1. The van der Waals surface area contributed by atoms with Crippen LogP contribution in [0.4, 0.5) is 0 Å².